The van der Waals surface area contributed by atoms with E-state index in [-0.39, 0.29) is 17.4 Å². The van der Waals surface area contributed by atoms with E-state index in [1.807, 2.05) is 52.8 Å². The third-order valence-corrected chi connectivity index (χ3v) is 5.72. The summed E-state index contributed by atoms with van der Waals surface area (Å²) in [6.45, 7) is 12.2. The quantitative estimate of drug-likeness (QED) is 0.596. The van der Waals surface area contributed by atoms with Crippen molar-refractivity contribution < 1.29 is 9.59 Å². The number of nitrogens with zero attached hydrogens (tertiary/aromatic N) is 1. The van der Waals surface area contributed by atoms with E-state index in [0.717, 1.165) is 16.0 Å². The highest BCUT2D eigenvalue weighted by Gasteiger charge is 2.28. The summed E-state index contributed by atoms with van der Waals surface area (Å²) in [6.07, 6.45) is 0.386. The van der Waals surface area contributed by atoms with Crippen molar-refractivity contribution in [1.29, 1.82) is 0 Å². The van der Waals surface area contributed by atoms with Gasteiger partial charge in [0.2, 0.25) is 11.8 Å². The number of nitrogens with one attached hydrogen (secondary N) is 1. The first-order valence-corrected chi connectivity index (χ1v) is 11.4. The number of carbonyl (C=O) groups is 2. The number of amides is 2. The van der Waals surface area contributed by atoms with Crippen molar-refractivity contribution in [2.24, 2.45) is 0 Å². The molecule has 2 rings (SSSR count). The van der Waals surface area contributed by atoms with Crippen molar-refractivity contribution in [2.75, 3.05) is 5.75 Å². The largest absolute Gasteiger partial charge is 0.350 e. The number of aryl methyl sites for hydroxylation is 2. The van der Waals surface area contributed by atoms with Gasteiger partial charge in [-0.1, -0.05) is 47.5 Å². The number of rotatable bonds is 8. The van der Waals surface area contributed by atoms with Crippen LogP contribution in [0.1, 0.15) is 50.8 Å². The Balaban J connectivity index is 2.09. The molecular weight excluding hydrogens is 392 g/mol. The predicted octanol–water partition coefficient (Wildman–Crippen LogP) is 5.12. The smallest absolute Gasteiger partial charge is 0.242 e. The van der Waals surface area contributed by atoms with Gasteiger partial charge in [-0.3, -0.25) is 9.59 Å². The Hall–Kier alpha value is -2.27. The minimum Gasteiger partial charge on any atom is -0.350 e. The normalized spacial score (nSPS) is 12.3. The van der Waals surface area contributed by atoms with Crippen molar-refractivity contribution in [3.8, 4) is 0 Å². The lowest BCUT2D eigenvalue weighted by Crippen LogP contribution is -2.52. The van der Waals surface area contributed by atoms with Crippen LogP contribution in [0.4, 0.5) is 0 Å². The van der Waals surface area contributed by atoms with Crippen LogP contribution in [0, 0.1) is 13.8 Å². The van der Waals surface area contributed by atoms with Gasteiger partial charge in [0, 0.05) is 29.2 Å². The van der Waals surface area contributed by atoms with Crippen molar-refractivity contribution >= 4 is 23.6 Å². The molecule has 4 nitrogen and oxygen atoms in total. The van der Waals surface area contributed by atoms with E-state index in [9.17, 15) is 9.59 Å². The zero-order chi connectivity index (χ0) is 22.3. The molecule has 0 aromatic heterocycles. The Bertz CT molecular complexity index is 856. The van der Waals surface area contributed by atoms with E-state index in [4.69, 9.17) is 0 Å². The topological polar surface area (TPSA) is 49.4 Å². The van der Waals surface area contributed by atoms with E-state index in [1.54, 1.807) is 16.7 Å². The maximum atomic E-state index is 13.1. The summed E-state index contributed by atoms with van der Waals surface area (Å²) < 4.78 is 0. The van der Waals surface area contributed by atoms with E-state index < -0.39 is 6.04 Å². The summed E-state index contributed by atoms with van der Waals surface area (Å²) >= 11 is 1.67. The summed E-state index contributed by atoms with van der Waals surface area (Å²) in [6, 6.07) is 15.9. The molecule has 0 aliphatic heterocycles. The first-order valence-electron chi connectivity index (χ1n) is 10.4. The van der Waals surface area contributed by atoms with E-state index in [0.29, 0.717) is 18.7 Å². The van der Waals surface area contributed by atoms with Crippen LogP contribution >= 0.6 is 11.8 Å². The second kappa shape index (κ2) is 10.7. The molecule has 0 heterocycles. The molecule has 0 spiro atoms. The molecule has 0 bridgehead atoms. The monoisotopic (exact) mass is 426 g/mol. The number of hydrogen-bond donors (Lipinski definition) is 1. The molecule has 30 heavy (non-hydrogen) atoms. The fourth-order valence-corrected chi connectivity index (χ4v) is 3.94. The van der Waals surface area contributed by atoms with Crippen LogP contribution in [0.5, 0.6) is 0 Å². The minimum atomic E-state index is -0.540. The van der Waals surface area contributed by atoms with E-state index >= 15 is 0 Å². The van der Waals surface area contributed by atoms with Crippen LogP contribution < -0.4 is 5.32 Å². The molecular formula is C25H34N2O2S. The van der Waals surface area contributed by atoms with Crippen LogP contribution in [-0.4, -0.2) is 34.0 Å². The van der Waals surface area contributed by atoms with Gasteiger partial charge in [0.05, 0.1) is 0 Å². The third kappa shape index (κ3) is 7.86. The zero-order valence-corrected chi connectivity index (χ0v) is 19.8. The predicted molar refractivity (Wildman–Crippen MR) is 126 cm³/mol. The summed E-state index contributed by atoms with van der Waals surface area (Å²) in [5, 5.41) is 3.00. The van der Waals surface area contributed by atoms with Crippen LogP contribution in [0.15, 0.2) is 53.4 Å². The Kier molecular flexibility index (Phi) is 8.54. The van der Waals surface area contributed by atoms with Gasteiger partial charge in [-0.15, -0.1) is 11.8 Å². The molecule has 0 fully saturated rings. The number of carbonyl (C=O) groups excluding carboxylic acids is 2. The fraction of sp³-hybridized carbons (Fsp3) is 0.440. The standard InChI is InChI=1S/C25H34N2O2S/c1-18-10-12-22(13-11-18)30-15-14-23(28)27(17-21-9-7-8-19(2)16-21)20(3)24(29)26-25(4,5)6/h7-13,16,20H,14-15,17H2,1-6H3,(H,26,29)/t20-/m0/s1. The van der Waals surface area contributed by atoms with Gasteiger partial charge < -0.3 is 10.2 Å². The van der Waals surface area contributed by atoms with Gasteiger partial charge in [-0.2, -0.15) is 0 Å². The summed E-state index contributed by atoms with van der Waals surface area (Å²) in [4.78, 5) is 28.7. The lowest BCUT2D eigenvalue weighted by atomic mass is 10.1. The number of thioether (sulfide) groups is 1. The van der Waals surface area contributed by atoms with Crippen LogP contribution in [0.3, 0.4) is 0 Å². The Morgan fingerprint density at radius 1 is 1.03 bits per heavy atom. The first-order chi connectivity index (χ1) is 14.0. The highest BCUT2D eigenvalue weighted by Crippen LogP contribution is 2.20. The average molecular weight is 427 g/mol. The number of hydrogen-bond acceptors (Lipinski definition) is 3. The molecule has 5 heteroatoms. The molecule has 2 amide bonds. The van der Waals surface area contributed by atoms with Gasteiger partial charge >= 0.3 is 0 Å². The average Bonchev–Trinajstić information content (AvgIpc) is 2.65. The maximum absolute atomic E-state index is 13.1. The van der Waals surface area contributed by atoms with Crippen molar-refractivity contribution in [1.82, 2.24) is 10.2 Å². The van der Waals surface area contributed by atoms with Gasteiger partial charge in [0.1, 0.15) is 6.04 Å². The Morgan fingerprint density at radius 3 is 2.30 bits per heavy atom. The number of benzene rings is 2. The molecule has 0 saturated carbocycles. The van der Waals surface area contributed by atoms with Gasteiger partial charge in [-0.25, -0.2) is 0 Å². The molecule has 0 aliphatic rings. The van der Waals surface area contributed by atoms with Gasteiger partial charge in [0.15, 0.2) is 0 Å². The van der Waals surface area contributed by atoms with Crippen LogP contribution in [0.25, 0.3) is 0 Å². The highest BCUT2D eigenvalue weighted by atomic mass is 32.2. The second-order valence-electron chi connectivity index (χ2n) is 8.84. The van der Waals surface area contributed by atoms with Crippen molar-refractivity contribution in [3.05, 3.63) is 65.2 Å². The molecule has 0 unspecified atom stereocenters. The van der Waals surface area contributed by atoms with Crippen molar-refractivity contribution in [2.45, 2.75) is 71.0 Å². The maximum Gasteiger partial charge on any atom is 0.242 e. The van der Waals surface area contributed by atoms with E-state index in [1.165, 1.54) is 5.56 Å². The van der Waals surface area contributed by atoms with Gasteiger partial charge in [-0.05, 0) is 59.2 Å². The lowest BCUT2D eigenvalue weighted by Gasteiger charge is -2.31. The molecule has 0 radical (unpaired) electrons. The zero-order valence-electron chi connectivity index (χ0n) is 19.0. The molecule has 0 saturated heterocycles. The van der Waals surface area contributed by atoms with Crippen molar-refractivity contribution in [3.63, 3.8) is 0 Å². The molecule has 1 N–H and O–H groups in total. The van der Waals surface area contributed by atoms with Gasteiger partial charge in [0.25, 0.3) is 0 Å². The van der Waals surface area contributed by atoms with E-state index in [2.05, 4.69) is 42.6 Å². The summed E-state index contributed by atoms with van der Waals surface area (Å²) in [5.74, 6) is 0.544. The second-order valence-corrected chi connectivity index (χ2v) is 10.0. The van der Waals surface area contributed by atoms with Crippen LogP contribution in [-0.2, 0) is 16.1 Å². The fourth-order valence-electron chi connectivity index (χ4n) is 3.10. The molecule has 1 atom stereocenters. The Morgan fingerprint density at radius 2 is 1.70 bits per heavy atom. The molecule has 0 aliphatic carbocycles. The Labute approximate surface area is 185 Å². The highest BCUT2D eigenvalue weighted by molar-refractivity contribution is 7.99. The summed E-state index contributed by atoms with van der Waals surface area (Å²) in [7, 11) is 0. The molecule has 162 valence electrons. The SMILES string of the molecule is Cc1ccc(SCCC(=O)N(Cc2cccc(C)c2)[C@@H](C)C(=O)NC(C)(C)C)cc1. The molecule has 2 aromatic rings. The minimum absolute atomic E-state index is 0.00678. The first kappa shape index (κ1) is 24.0. The lowest BCUT2D eigenvalue weighted by molar-refractivity contribution is -0.140. The molecule has 2 aromatic carbocycles. The third-order valence-electron chi connectivity index (χ3n) is 4.71. The summed E-state index contributed by atoms with van der Waals surface area (Å²) in [5.41, 5.74) is 3.05. The van der Waals surface area contributed by atoms with Crippen LogP contribution in [0.2, 0.25) is 0 Å².